The first-order valence-corrected chi connectivity index (χ1v) is 44.2. The van der Waals surface area contributed by atoms with Crippen LogP contribution in [0, 0.1) is 34.6 Å². The molecule has 0 bridgehead atoms. The maximum Gasteiger partial charge on any atom is 1.00 e. The van der Waals surface area contributed by atoms with Crippen LogP contribution >= 0.6 is 95.8 Å². The van der Waals surface area contributed by atoms with Crippen molar-refractivity contribution < 1.29 is 124 Å². The van der Waals surface area contributed by atoms with Crippen LogP contribution in [0.4, 0.5) is 0 Å². The molecule has 0 aromatic carbocycles. The number of carboxylic acid groups (broad SMARTS) is 1. The molecule has 43 heteroatoms. The Bertz CT molecular complexity index is 6460. The molecule has 0 unspecified atom stereocenters. The number of esters is 3. The minimum atomic E-state index is -1.41. The third-order valence-electron chi connectivity index (χ3n) is 17.2. The van der Waals surface area contributed by atoms with E-state index in [1.54, 1.807) is 167 Å². The summed E-state index contributed by atoms with van der Waals surface area (Å²) < 4.78 is 35.1. The number of ether oxygens (including phenoxy) is 7. The smallest absolute Gasteiger partial charge is 0.545 e. The van der Waals surface area contributed by atoms with Crippen LogP contribution < -0.4 is 92.0 Å². The molecule has 0 saturated heterocycles. The predicted molar refractivity (Wildman–Crippen MR) is 505 cm³/mol. The van der Waals surface area contributed by atoms with Crippen molar-refractivity contribution in [3.8, 4) is 99.3 Å². The van der Waals surface area contributed by atoms with E-state index < -0.39 is 31.0 Å². The molecule has 16 heterocycles. The van der Waals surface area contributed by atoms with E-state index in [9.17, 15) is 29.1 Å². The van der Waals surface area contributed by atoms with Crippen molar-refractivity contribution in [2.45, 2.75) is 47.7 Å². The fourth-order valence-electron chi connectivity index (χ4n) is 11.1. The molecule has 0 saturated carbocycles. The molecule has 16 aromatic heterocycles. The number of aromatic carboxylic acids is 1. The number of amides is 1. The van der Waals surface area contributed by atoms with E-state index in [4.69, 9.17) is 62.7 Å². The largest absolute Gasteiger partial charge is 1.00 e. The normalized spacial score (nSPS) is 10.1. The maximum absolute atomic E-state index is 13.2. The number of nitrogens with two attached hydrogens (primary N) is 1. The Morgan fingerprint density at radius 3 is 1.15 bits per heavy atom. The van der Waals surface area contributed by atoms with Gasteiger partial charge in [0.2, 0.25) is 0 Å². The van der Waals surface area contributed by atoms with Crippen molar-refractivity contribution in [3.05, 3.63) is 299 Å². The molecule has 16 aromatic rings. The van der Waals surface area contributed by atoms with Gasteiger partial charge >= 0.3 is 76.4 Å². The van der Waals surface area contributed by atoms with Crippen LogP contribution in [0.15, 0.2) is 222 Å². The summed E-state index contributed by atoms with van der Waals surface area (Å²) in [5.41, 5.74) is 19.8. The molecule has 0 aliphatic heterocycles. The third kappa shape index (κ3) is 31.3. The molecule has 0 aliphatic rings. The summed E-state index contributed by atoms with van der Waals surface area (Å²) in [6.45, 7) is 10.3. The first kappa shape index (κ1) is 105. The summed E-state index contributed by atoms with van der Waals surface area (Å²) in [6.07, 6.45) is 29.8. The predicted octanol–water partition coefficient (Wildman–Crippen LogP) is 12.2. The van der Waals surface area contributed by atoms with Gasteiger partial charge in [-0.2, -0.15) is 0 Å². The molecule has 33 nitrogen and oxygen atoms in total. The van der Waals surface area contributed by atoms with Gasteiger partial charge in [-0.3, -0.25) is 44.7 Å². The summed E-state index contributed by atoms with van der Waals surface area (Å²) in [5, 5.41) is 45.4. The zero-order valence-electron chi connectivity index (χ0n) is 72.9. The molecule has 16 rings (SSSR count). The van der Waals surface area contributed by atoms with Gasteiger partial charge in [0, 0.05) is 195 Å². The van der Waals surface area contributed by atoms with Crippen molar-refractivity contribution in [2.75, 3.05) is 49.8 Å². The molecular weight excluding hydrogens is 1920 g/mol. The fraction of sp³-hybridized carbons (Fsp3) is 0.157. The number of rotatable bonds is 20. The van der Waals surface area contributed by atoms with E-state index in [2.05, 4.69) is 110 Å². The minimum Gasteiger partial charge on any atom is -0.545 e. The van der Waals surface area contributed by atoms with Crippen LogP contribution in [0.2, 0.25) is 10.3 Å². The number of carbonyl (C=O) groups excluding carboxylic acids is 5. The second-order valence-electron chi connectivity index (χ2n) is 26.4. The summed E-state index contributed by atoms with van der Waals surface area (Å²) in [5.74, 6) is -0.814. The Hall–Kier alpha value is -12.0. The van der Waals surface area contributed by atoms with Gasteiger partial charge in [0.05, 0.1) is 122 Å². The van der Waals surface area contributed by atoms with E-state index in [0.29, 0.717) is 117 Å². The van der Waals surface area contributed by atoms with Crippen LogP contribution in [0.1, 0.15) is 90.4 Å². The Labute approximate surface area is 839 Å². The summed E-state index contributed by atoms with van der Waals surface area (Å²) in [6, 6.07) is 22.6. The molecule has 0 fully saturated rings. The average molecular weight is 2000 g/mol. The van der Waals surface area contributed by atoms with Crippen molar-refractivity contribution in [1.82, 2.24) is 85.1 Å². The van der Waals surface area contributed by atoms with Gasteiger partial charge < -0.3 is 64.2 Å². The second-order valence-corrected chi connectivity index (χ2v) is 32.7. The Kier molecular flexibility index (Phi) is 43.2. The Morgan fingerprint density at radius 2 is 0.788 bits per heavy atom. The molecule has 0 radical (unpaired) electrons. The van der Waals surface area contributed by atoms with Gasteiger partial charge in [0.1, 0.15) is 30.3 Å². The number of thiazole rings is 5. The number of pyridine rings is 11. The van der Waals surface area contributed by atoms with Crippen molar-refractivity contribution >= 4 is 138 Å². The quantitative estimate of drug-likeness (QED) is 0.0238. The number of nitrogens with zero attached hydrogens (tertiary/aromatic N) is 16. The van der Waals surface area contributed by atoms with Gasteiger partial charge in [0.15, 0.2) is 11.5 Å². The van der Waals surface area contributed by atoms with E-state index in [1.807, 2.05) is 74.3 Å². The van der Waals surface area contributed by atoms with Gasteiger partial charge in [0.25, 0.3) is 17.7 Å². The number of methoxy groups -OCH3 is 7. The second kappa shape index (κ2) is 54.1. The zero-order chi connectivity index (χ0) is 94.5. The molecule has 0 atom stereocenters. The van der Waals surface area contributed by atoms with Gasteiger partial charge in [-0.05, 0) is 146 Å². The van der Waals surface area contributed by atoms with Crippen LogP contribution in [0.25, 0.3) is 76.1 Å². The summed E-state index contributed by atoms with van der Waals surface area (Å²) in [7, 11) is 8.77. The molecule has 5 N–H and O–H groups in total. The standard InChI is InChI=1S/C23H21N5O3S.C16H13N3O2S.C15H11N3O2S.C10H7ClN2O2S.C8H12N2O2.C7H5BrClNO2.C6H8BNO2.C4H5NS.K/c1-14-8-15(11-24-10-14)19-9-17(18(13-26-19)23-25-6-7-32-23)21(29)27-12-16-4-5-20(30-2)22(28-16)31-3;1-10-5-11(8-17-7-10)14-6-12(16(20)21-2)13(9-19-14)15-18-3-4-22-15;1-9-4-10(7-16-6-9)13-5-11(15(19)20)12(8-18-13)14-17-2-3-21-14;1-15-10(14)6-4-8(11)13-5-7(6)9-12-2-3-16-9;1-11-7-4-3-6(5-9)10-8(7)12-2;1-12-7(11)4-2-6(9)10-3-5(4)8;1-5-2-6(7(9)10)4-8-3-5;1-4-5-2-3-6-4;/h4-11,13H,12H2,1-3H3,(H,27,29);3-9H,1-2H3;2-8H,1H3,(H,19,20);2-5H,1H3;3-4H,5,9H2,1-2H3;2-3H,1H3;2-4,9-10H,1H3;2-3H,1H3;/q;;;;;;;;+1/p-1. The fourth-order valence-corrected chi connectivity index (χ4v) is 14.9. The van der Waals surface area contributed by atoms with Crippen LogP contribution in [-0.4, -0.2) is 176 Å². The number of aromatic nitrogens is 16. The zero-order valence-corrected chi connectivity index (χ0v) is 83.2. The molecule has 0 aliphatic carbocycles. The van der Waals surface area contributed by atoms with Gasteiger partial charge in [-0.25, -0.2) is 54.3 Å². The number of aryl methyl sites for hydroxylation is 5. The Balaban J connectivity index is 0.000000193. The Morgan fingerprint density at radius 1 is 0.424 bits per heavy atom. The van der Waals surface area contributed by atoms with Crippen molar-refractivity contribution in [3.63, 3.8) is 0 Å². The van der Waals surface area contributed by atoms with E-state index in [0.717, 1.165) is 59.7 Å². The number of carboxylic acids is 1. The first-order valence-electron chi connectivity index (χ1n) is 38.3. The SMILES string of the molecule is COC(=O)c1cc(-c2cncc(C)c2)ncc1-c1nccs1.COC(=O)c1cc(Cl)ncc1-c1nccs1.COC(=O)c1cc(Cl)ncc1Br.COc1ccc(CN)nc1OC.COc1ccc(CNC(=O)c2cc(-c3cncc(C)c3)ncc2-c2nccs2)nc1OC.Cc1cncc(-c2cc(C(=O)[O-])c(-c3nccs3)cn2)c1.Cc1cncc(B(O)O)c1.Cc1nccs1.[K+]. The number of halogens is 3. The maximum atomic E-state index is 13.2. The summed E-state index contributed by atoms with van der Waals surface area (Å²) in [4.78, 5) is 126. The molecule has 672 valence electrons. The topological polar surface area (TPSA) is 458 Å². The molecular formula is C89H81BBrCl2KN18O15S5. The number of nitrogens with one attached hydrogen (secondary N) is 1. The van der Waals surface area contributed by atoms with Gasteiger partial charge in [-0.1, -0.05) is 29.3 Å². The molecule has 1 amide bonds. The van der Waals surface area contributed by atoms with Crippen molar-refractivity contribution in [2.24, 2.45) is 5.73 Å². The van der Waals surface area contributed by atoms with E-state index in [-0.39, 0.29) is 79.7 Å². The van der Waals surface area contributed by atoms with Crippen LogP contribution in [0.5, 0.6) is 23.3 Å². The number of hydrogen-bond acceptors (Lipinski definition) is 37. The van der Waals surface area contributed by atoms with Crippen LogP contribution in [-0.2, 0) is 27.3 Å². The van der Waals surface area contributed by atoms with Crippen LogP contribution in [0.3, 0.4) is 0 Å². The summed E-state index contributed by atoms with van der Waals surface area (Å²) >= 11 is 21.8. The average Bonchev–Trinajstić information content (AvgIpc) is 1.39. The van der Waals surface area contributed by atoms with E-state index >= 15 is 0 Å². The third-order valence-corrected chi connectivity index (χ3v) is 22.2. The number of hydrogen-bond donors (Lipinski definition) is 4. The number of carbonyl (C=O) groups is 5. The monoisotopic (exact) mass is 2000 g/mol. The molecule has 0 spiro atoms. The van der Waals surface area contributed by atoms with E-state index in [1.165, 1.54) is 117 Å². The molecule has 132 heavy (non-hydrogen) atoms. The van der Waals surface area contributed by atoms with Crippen molar-refractivity contribution in [1.29, 1.82) is 0 Å². The van der Waals surface area contributed by atoms with Gasteiger partial charge in [-0.15, -0.1) is 56.7 Å². The first-order chi connectivity index (χ1) is 63.2. The minimum absolute atomic E-state index is 0.